The SMILES string of the molecule is O=C1c2ccccc2C(=O)N1[C@@H](/C=N/OCc1ccccc1)[C@@H](OCc1ccccc1)[C@@H]1OC(c2ccccc2)OC[C@H]1O. The Kier molecular flexibility index (Phi) is 9.19. The minimum absolute atomic E-state index is 0.0497. The third-order valence-electron chi connectivity index (χ3n) is 7.58. The second-order valence-corrected chi connectivity index (χ2v) is 10.5. The molecule has 9 nitrogen and oxygen atoms in total. The third kappa shape index (κ3) is 6.46. The van der Waals surface area contributed by atoms with Crippen molar-refractivity contribution in [2.75, 3.05) is 6.61 Å². The Morgan fingerprint density at radius 1 is 0.795 bits per heavy atom. The van der Waals surface area contributed by atoms with Crippen molar-refractivity contribution in [3.63, 3.8) is 0 Å². The van der Waals surface area contributed by atoms with E-state index in [9.17, 15) is 14.7 Å². The Labute approximate surface area is 255 Å². The molecule has 9 heteroatoms. The summed E-state index contributed by atoms with van der Waals surface area (Å²) in [6.07, 6.45) is -2.61. The van der Waals surface area contributed by atoms with Gasteiger partial charge in [0.1, 0.15) is 31.0 Å². The summed E-state index contributed by atoms with van der Waals surface area (Å²) in [5, 5.41) is 15.4. The Bertz CT molecular complexity index is 1550. The highest BCUT2D eigenvalue weighted by Gasteiger charge is 2.48. The highest BCUT2D eigenvalue weighted by molar-refractivity contribution is 6.22. The standard InChI is InChI=1S/C35H32N2O7/c38-30-23-42-35(26-16-8-3-9-17-26)44-32(30)31(41-21-24-12-4-1-5-13-24)29(20-36-43-22-25-14-6-2-7-15-25)37-33(39)27-18-10-11-19-28(27)34(37)40/h1-20,29-32,35,38H,21-23H2/b36-20+/t29-,30+,31+,32+,35?/m0/s1. The number of hydrogen-bond donors (Lipinski definition) is 1. The van der Waals surface area contributed by atoms with Gasteiger partial charge < -0.3 is 24.2 Å². The highest BCUT2D eigenvalue weighted by Crippen LogP contribution is 2.33. The Balaban J connectivity index is 1.36. The van der Waals surface area contributed by atoms with E-state index < -0.39 is 42.5 Å². The number of oxime groups is 1. The van der Waals surface area contributed by atoms with Crippen molar-refractivity contribution in [1.29, 1.82) is 0 Å². The fourth-order valence-electron chi connectivity index (χ4n) is 5.36. The van der Waals surface area contributed by atoms with Crippen LogP contribution in [-0.4, -0.2) is 59.0 Å². The molecule has 1 unspecified atom stereocenters. The van der Waals surface area contributed by atoms with Gasteiger partial charge in [-0.15, -0.1) is 0 Å². The van der Waals surface area contributed by atoms with Crippen LogP contribution in [0.25, 0.3) is 0 Å². The van der Waals surface area contributed by atoms with Crippen LogP contribution in [0.2, 0.25) is 0 Å². The van der Waals surface area contributed by atoms with E-state index in [2.05, 4.69) is 5.16 Å². The summed E-state index contributed by atoms with van der Waals surface area (Å²) in [6.45, 7) is 0.243. The van der Waals surface area contributed by atoms with Crippen LogP contribution in [-0.2, 0) is 32.3 Å². The van der Waals surface area contributed by atoms with Gasteiger partial charge in [-0.1, -0.05) is 108 Å². The van der Waals surface area contributed by atoms with Crippen LogP contribution < -0.4 is 0 Å². The predicted octanol–water partition coefficient (Wildman–Crippen LogP) is 4.91. The first-order valence-electron chi connectivity index (χ1n) is 14.4. The van der Waals surface area contributed by atoms with Gasteiger partial charge in [-0.3, -0.25) is 14.5 Å². The lowest BCUT2D eigenvalue weighted by Gasteiger charge is -2.41. The lowest BCUT2D eigenvalue weighted by Crippen LogP contribution is -2.58. The van der Waals surface area contributed by atoms with Crippen LogP contribution in [0.5, 0.6) is 0 Å². The molecule has 4 aromatic rings. The zero-order valence-corrected chi connectivity index (χ0v) is 23.8. The van der Waals surface area contributed by atoms with Gasteiger partial charge in [0.2, 0.25) is 0 Å². The molecule has 6 rings (SSSR count). The van der Waals surface area contributed by atoms with Crippen LogP contribution in [0.1, 0.15) is 43.7 Å². The average molecular weight is 593 g/mol. The number of ether oxygens (including phenoxy) is 3. The maximum absolute atomic E-state index is 13.8. The van der Waals surface area contributed by atoms with Gasteiger partial charge in [-0.2, -0.15) is 0 Å². The maximum atomic E-state index is 13.8. The molecule has 224 valence electrons. The molecule has 2 aliphatic heterocycles. The minimum Gasteiger partial charge on any atom is -0.391 e. The predicted molar refractivity (Wildman–Crippen MR) is 161 cm³/mol. The molecule has 0 saturated carbocycles. The molecule has 1 fully saturated rings. The second kappa shape index (κ2) is 13.7. The van der Waals surface area contributed by atoms with Crippen LogP contribution in [0, 0.1) is 0 Å². The van der Waals surface area contributed by atoms with Crippen LogP contribution in [0.15, 0.2) is 120 Å². The quantitative estimate of drug-likeness (QED) is 0.150. The number of benzene rings is 4. The minimum atomic E-state index is -1.13. The molecule has 0 radical (unpaired) electrons. The average Bonchev–Trinajstić information content (AvgIpc) is 3.33. The summed E-state index contributed by atoms with van der Waals surface area (Å²) in [7, 11) is 0. The maximum Gasteiger partial charge on any atom is 0.262 e. The fourth-order valence-corrected chi connectivity index (χ4v) is 5.36. The van der Waals surface area contributed by atoms with Gasteiger partial charge >= 0.3 is 0 Å². The van der Waals surface area contributed by atoms with Crippen molar-refractivity contribution < 1.29 is 33.7 Å². The van der Waals surface area contributed by atoms with Crippen molar-refractivity contribution in [3.8, 4) is 0 Å². The first-order chi connectivity index (χ1) is 21.6. The first-order valence-corrected chi connectivity index (χ1v) is 14.4. The van der Waals surface area contributed by atoms with Crippen molar-refractivity contribution in [3.05, 3.63) is 143 Å². The first kappa shape index (κ1) is 29.4. The number of fused-ring (bicyclic) bond motifs is 1. The normalized spacial score (nSPS) is 21.3. The molecule has 2 aliphatic rings. The van der Waals surface area contributed by atoms with E-state index in [4.69, 9.17) is 19.0 Å². The molecule has 44 heavy (non-hydrogen) atoms. The smallest absolute Gasteiger partial charge is 0.262 e. The number of carbonyl (C=O) groups excluding carboxylic acids is 2. The highest BCUT2D eigenvalue weighted by atomic mass is 16.7. The molecule has 4 aromatic carbocycles. The lowest BCUT2D eigenvalue weighted by atomic mass is 9.98. The van der Waals surface area contributed by atoms with E-state index in [1.165, 1.54) is 6.21 Å². The van der Waals surface area contributed by atoms with Crippen molar-refractivity contribution in [2.45, 2.75) is 43.9 Å². The van der Waals surface area contributed by atoms with Gasteiger partial charge in [0.05, 0.1) is 30.6 Å². The molecule has 0 aliphatic carbocycles. The molecule has 0 aromatic heterocycles. The molecule has 5 atom stereocenters. The third-order valence-corrected chi connectivity index (χ3v) is 7.58. The lowest BCUT2D eigenvalue weighted by molar-refractivity contribution is -0.283. The summed E-state index contributed by atoms with van der Waals surface area (Å²) < 4.78 is 18.7. The van der Waals surface area contributed by atoms with Gasteiger partial charge in [-0.25, -0.2) is 0 Å². The Morgan fingerprint density at radius 3 is 1.95 bits per heavy atom. The molecular formula is C35H32N2O7. The van der Waals surface area contributed by atoms with Crippen molar-refractivity contribution >= 4 is 18.0 Å². The van der Waals surface area contributed by atoms with Crippen LogP contribution in [0.3, 0.4) is 0 Å². The largest absolute Gasteiger partial charge is 0.391 e. The van der Waals surface area contributed by atoms with Gasteiger partial charge in [0, 0.05) is 5.56 Å². The fraction of sp³-hybridized carbons (Fsp3) is 0.229. The topological polar surface area (TPSA) is 107 Å². The van der Waals surface area contributed by atoms with E-state index in [0.717, 1.165) is 21.6 Å². The van der Waals surface area contributed by atoms with Gasteiger partial charge in [0.25, 0.3) is 11.8 Å². The molecular weight excluding hydrogens is 560 g/mol. The molecule has 2 amide bonds. The van der Waals surface area contributed by atoms with E-state index >= 15 is 0 Å². The summed E-state index contributed by atoms with van der Waals surface area (Å²) in [5.74, 6) is -1.00. The number of carbonyl (C=O) groups is 2. The number of nitrogens with zero attached hydrogens (tertiary/aromatic N) is 2. The zero-order chi connectivity index (χ0) is 30.3. The second-order valence-electron chi connectivity index (χ2n) is 10.5. The number of aliphatic hydroxyl groups excluding tert-OH is 1. The summed E-state index contributed by atoms with van der Waals surface area (Å²) >= 11 is 0. The zero-order valence-electron chi connectivity index (χ0n) is 23.8. The molecule has 1 saturated heterocycles. The Morgan fingerprint density at radius 2 is 1.34 bits per heavy atom. The number of rotatable bonds is 11. The molecule has 0 bridgehead atoms. The van der Waals surface area contributed by atoms with E-state index in [1.807, 2.05) is 91.0 Å². The monoisotopic (exact) mass is 592 g/mol. The number of aliphatic hydroxyl groups is 1. The molecule has 2 heterocycles. The number of hydrogen-bond acceptors (Lipinski definition) is 8. The number of imide groups is 1. The molecule has 0 spiro atoms. The summed E-state index contributed by atoms with van der Waals surface area (Å²) in [6, 6.07) is 33.8. The van der Waals surface area contributed by atoms with Crippen molar-refractivity contribution in [2.24, 2.45) is 5.16 Å². The van der Waals surface area contributed by atoms with E-state index in [0.29, 0.717) is 0 Å². The summed E-state index contributed by atoms with van der Waals surface area (Å²) in [5.41, 5.74) is 3.06. The van der Waals surface area contributed by atoms with Crippen LogP contribution >= 0.6 is 0 Å². The van der Waals surface area contributed by atoms with Gasteiger partial charge in [0.15, 0.2) is 6.29 Å². The summed E-state index contributed by atoms with van der Waals surface area (Å²) in [4.78, 5) is 34.2. The van der Waals surface area contributed by atoms with E-state index in [-0.39, 0.29) is 30.9 Å². The van der Waals surface area contributed by atoms with Gasteiger partial charge in [-0.05, 0) is 23.3 Å². The van der Waals surface area contributed by atoms with Crippen molar-refractivity contribution in [1.82, 2.24) is 4.90 Å². The van der Waals surface area contributed by atoms with Crippen LogP contribution in [0.4, 0.5) is 0 Å². The Hall–Kier alpha value is -4.67. The molecule has 1 N–H and O–H groups in total. The number of amides is 2. The van der Waals surface area contributed by atoms with E-state index in [1.54, 1.807) is 24.3 Å².